The zero-order valence-corrected chi connectivity index (χ0v) is 20.5. The van der Waals surface area contributed by atoms with Gasteiger partial charge in [-0.2, -0.15) is 0 Å². The maximum Gasteiger partial charge on any atom is 0.419 e. The van der Waals surface area contributed by atoms with Crippen LogP contribution in [0.5, 0.6) is 11.5 Å². The Bertz CT molecular complexity index is 1340. The van der Waals surface area contributed by atoms with Crippen LogP contribution in [0.4, 0.5) is 4.79 Å². The topological polar surface area (TPSA) is 139 Å². The number of benzene rings is 2. The predicted octanol–water partition coefficient (Wildman–Crippen LogP) is 2.73. The molecule has 1 amide bonds. The van der Waals surface area contributed by atoms with Crippen molar-refractivity contribution in [2.24, 2.45) is 0 Å². The zero-order chi connectivity index (χ0) is 26.2. The lowest BCUT2D eigenvalue weighted by molar-refractivity contribution is -0.141. The summed E-state index contributed by atoms with van der Waals surface area (Å²) < 4.78 is 11.6. The Balaban J connectivity index is 1.79. The molecule has 10 heteroatoms. The minimum Gasteiger partial charge on any atom is -0.504 e. The van der Waals surface area contributed by atoms with Crippen LogP contribution in [0.3, 0.4) is 0 Å². The van der Waals surface area contributed by atoms with E-state index in [2.05, 4.69) is 15.4 Å². The van der Waals surface area contributed by atoms with Crippen molar-refractivity contribution in [3.05, 3.63) is 59.3 Å². The van der Waals surface area contributed by atoms with Gasteiger partial charge in [-0.15, -0.1) is 0 Å². The fourth-order valence-electron chi connectivity index (χ4n) is 4.33. The Labute approximate surface area is 207 Å². The number of hydrogen-bond acceptors (Lipinski definition) is 8. The second-order valence-electron chi connectivity index (χ2n) is 9.64. The van der Waals surface area contributed by atoms with Crippen molar-refractivity contribution in [2.45, 2.75) is 44.9 Å². The predicted molar refractivity (Wildman–Crippen MR) is 131 cm³/mol. The first kappa shape index (κ1) is 25.1. The highest BCUT2D eigenvalue weighted by atomic mass is 16.6. The average molecular weight is 496 g/mol. The molecule has 0 spiro atoms. The number of ether oxygens (including phenoxy) is 2. The third-order valence-electron chi connectivity index (χ3n) is 5.93. The third kappa shape index (κ3) is 4.99. The Hall–Kier alpha value is -4.05. The second-order valence-corrected chi connectivity index (χ2v) is 9.64. The molecule has 4 N–H and O–H groups in total. The van der Waals surface area contributed by atoms with Crippen LogP contribution in [0.15, 0.2) is 42.6 Å². The molecule has 0 radical (unpaired) electrons. The summed E-state index contributed by atoms with van der Waals surface area (Å²) in [6.07, 6.45) is 1.30. The Morgan fingerprint density at radius 2 is 1.81 bits per heavy atom. The number of hydrogen-bond donors (Lipinski definition) is 4. The van der Waals surface area contributed by atoms with Gasteiger partial charge < -0.3 is 25.0 Å². The van der Waals surface area contributed by atoms with Crippen molar-refractivity contribution in [1.29, 1.82) is 0 Å². The largest absolute Gasteiger partial charge is 0.504 e. The van der Waals surface area contributed by atoms with Crippen molar-refractivity contribution < 1.29 is 34.1 Å². The van der Waals surface area contributed by atoms with Gasteiger partial charge in [-0.1, -0.05) is 18.2 Å². The van der Waals surface area contributed by atoms with E-state index in [1.54, 1.807) is 33.0 Å². The number of rotatable bonds is 4. The molecule has 4 rings (SSSR count). The van der Waals surface area contributed by atoms with Crippen molar-refractivity contribution >= 4 is 28.9 Å². The number of nitrogens with one attached hydrogen (secondary N) is 2. The molecule has 2 atom stereocenters. The van der Waals surface area contributed by atoms with Crippen molar-refractivity contribution in [1.82, 2.24) is 15.2 Å². The number of fused-ring (bicyclic) bond motifs is 2. The van der Waals surface area contributed by atoms with Crippen LogP contribution in [-0.4, -0.2) is 58.0 Å². The third-order valence-corrected chi connectivity index (χ3v) is 5.93. The number of phenols is 2. The molecule has 2 aromatic carbocycles. The quantitative estimate of drug-likeness (QED) is 0.320. The van der Waals surface area contributed by atoms with E-state index in [1.165, 1.54) is 23.8 Å². The van der Waals surface area contributed by atoms with E-state index in [4.69, 9.17) is 4.74 Å². The van der Waals surface area contributed by atoms with Gasteiger partial charge in [0, 0.05) is 11.6 Å². The van der Waals surface area contributed by atoms with E-state index in [9.17, 15) is 24.6 Å². The van der Waals surface area contributed by atoms with Gasteiger partial charge in [-0.05, 0) is 62.1 Å². The minimum absolute atomic E-state index is 0.206. The molecule has 0 unspecified atom stereocenters. The van der Waals surface area contributed by atoms with E-state index in [1.807, 2.05) is 18.2 Å². The fourth-order valence-corrected chi connectivity index (χ4v) is 4.33. The van der Waals surface area contributed by atoms with Crippen molar-refractivity contribution in [3.63, 3.8) is 0 Å². The van der Waals surface area contributed by atoms with Crippen LogP contribution in [0.1, 0.15) is 43.5 Å². The average Bonchev–Trinajstić information content (AvgIpc) is 3.21. The van der Waals surface area contributed by atoms with Crippen LogP contribution in [-0.2, 0) is 25.5 Å². The molecule has 1 aromatic heterocycles. The molecule has 0 fully saturated rings. The standard InChI is InChI=1S/C26H29N3O7/c1-26(2,3)36-25(34)29-13-17(15-7-5-6-8-19(15)29)23-16-11-21(31)20(30)10-14(16)9-18(28-23)24(33)27-12-22(32)35-4/h5-8,10-11,13,18,23,28,30-31H,9,12H2,1-4H3,(H,27,33)/t18-,23+/m0/s1. The van der Waals surface area contributed by atoms with Gasteiger partial charge in [0.15, 0.2) is 11.5 Å². The summed E-state index contributed by atoms with van der Waals surface area (Å²) >= 11 is 0. The lowest BCUT2D eigenvalue weighted by Crippen LogP contribution is -2.50. The number of carbonyl (C=O) groups is 3. The van der Waals surface area contributed by atoms with Crippen LogP contribution in [0.25, 0.3) is 10.9 Å². The van der Waals surface area contributed by atoms with Crippen LogP contribution < -0.4 is 10.6 Å². The summed E-state index contributed by atoms with van der Waals surface area (Å²) in [5.74, 6) is -1.62. The van der Waals surface area contributed by atoms with Gasteiger partial charge in [0.05, 0.1) is 24.7 Å². The van der Waals surface area contributed by atoms with E-state index < -0.39 is 35.7 Å². The van der Waals surface area contributed by atoms with E-state index >= 15 is 0 Å². The number of para-hydroxylation sites is 1. The molecular formula is C26H29N3O7. The monoisotopic (exact) mass is 495 g/mol. The minimum atomic E-state index is -0.764. The number of esters is 1. The number of amides is 1. The number of aromatic nitrogens is 1. The highest BCUT2D eigenvalue weighted by Crippen LogP contribution is 2.40. The van der Waals surface area contributed by atoms with E-state index in [0.29, 0.717) is 22.2 Å². The van der Waals surface area contributed by atoms with Gasteiger partial charge in [-0.3, -0.25) is 19.5 Å². The molecule has 0 aliphatic carbocycles. The van der Waals surface area contributed by atoms with Crippen LogP contribution in [0.2, 0.25) is 0 Å². The number of phenolic OH excluding ortho intramolecular Hbond substituents is 2. The summed E-state index contributed by atoms with van der Waals surface area (Å²) in [5, 5.41) is 26.9. The summed E-state index contributed by atoms with van der Waals surface area (Å²) in [5.41, 5.74) is 1.87. The van der Waals surface area contributed by atoms with E-state index in [-0.39, 0.29) is 24.5 Å². The number of aromatic hydroxyl groups is 2. The van der Waals surface area contributed by atoms with Gasteiger partial charge in [0.25, 0.3) is 0 Å². The first-order valence-corrected chi connectivity index (χ1v) is 11.5. The molecule has 1 aliphatic rings. The van der Waals surface area contributed by atoms with Gasteiger partial charge in [0.2, 0.25) is 5.91 Å². The molecule has 36 heavy (non-hydrogen) atoms. The summed E-state index contributed by atoms with van der Waals surface area (Å²) in [6.45, 7) is 5.06. The fraction of sp³-hybridized carbons (Fsp3) is 0.346. The number of nitrogens with zero attached hydrogens (tertiary/aromatic N) is 1. The zero-order valence-electron chi connectivity index (χ0n) is 20.5. The molecule has 10 nitrogen and oxygen atoms in total. The Morgan fingerprint density at radius 1 is 1.11 bits per heavy atom. The van der Waals surface area contributed by atoms with Gasteiger partial charge >= 0.3 is 12.1 Å². The molecule has 2 heterocycles. The Kier molecular flexibility index (Phi) is 6.64. The van der Waals surface area contributed by atoms with Crippen molar-refractivity contribution in [3.8, 4) is 11.5 Å². The summed E-state index contributed by atoms with van der Waals surface area (Å²) in [7, 11) is 1.23. The molecule has 190 valence electrons. The second kappa shape index (κ2) is 9.54. The van der Waals surface area contributed by atoms with Crippen molar-refractivity contribution in [2.75, 3.05) is 13.7 Å². The highest BCUT2D eigenvalue weighted by Gasteiger charge is 2.34. The maximum atomic E-state index is 13.0. The number of carbonyl (C=O) groups excluding carboxylic acids is 3. The lowest BCUT2D eigenvalue weighted by atomic mass is 9.86. The SMILES string of the molecule is COC(=O)CNC(=O)[C@@H]1Cc2cc(O)c(O)cc2[C@H](c2cn(C(=O)OC(C)(C)C)c3ccccc23)N1. The number of methoxy groups -OCH3 is 1. The molecule has 1 aliphatic heterocycles. The molecule has 0 saturated carbocycles. The van der Waals surface area contributed by atoms with Crippen LogP contribution >= 0.6 is 0 Å². The highest BCUT2D eigenvalue weighted by molar-refractivity contribution is 5.93. The van der Waals surface area contributed by atoms with Crippen LogP contribution in [0, 0.1) is 0 Å². The maximum absolute atomic E-state index is 13.0. The first-order chi connectivity index (χ1) is 17.0. The lowest BCUT2D eigenvalue weighted by Gasteiger charge is -2.33. The molecule has 3 aromatic rings. The first-order valence-electron chi connectivity index (χ1n) is 11.5. The Morgan fingerprint density at radius 3 is 2.50 bits per heavy atom. The van der Waals surface area contributed by atoms with Gasteiger partial charge in [0.1, 0.15) is 12.1 Å². The van der Waals surface area contributed by atoms with E-state index in [0.717, 1.165) is 5.39 Å². The smallest absolute Gasteiger partial charge is 0.419 e. The molecular weight excluding hydrogens is 466 g/mol. The normalized spacial score (nSPS) is 17.3. The molecule has 0 saturated heterocycles. The summed E-state index contributed by atoms with van der Waals surface area (Å²) in [4.78, 5) is 37.4. The van der Waals surface area contributed by atoms with Gasteiger partial charge in [-0.25, -0.2) is 4.79 Å². The molecule has 0 bridgehead atoms. The summed E-state index contributed by atoms with van der Waals surface area (Å²) in [6, 6.07) is 8.78.